The molecule has 2 aliphatic rings. The molecule has 88 valence electrons. The van der Waals surface area contributed by atoms with Crippen LogP contribution in [0, 0.1) is 0 Å². The molecule has 2 heterocycles. The maximum atomic E-state index is 12.3. The predicted molar refractivity (Wildman–Crippen MR) is 62.8 cm³/mol. The van der Waals surface area contributed by atoms with Gasteiger partial charge in [-0.25, -0.2) is 0 Å². The summed E-state index contributed by atoms with van der Waals surface area (Å²) in [5.74, 6) is -0.180. The molecule has 1 atom stereocenters. The smallest absolute Gasteiger partial charge is 0.256 e. The first-order valence-corrected chi connectivity index (χ1v) is 5.69. The average Bonchev–Trinajstić information content (AvgIpc) is 2.48. The van der Waals surface area contributed by atoms with Gasteiger partial charge in [-0.15, -0.1) is 0 Å². The Bertz CT molecular complexity index is 486. The number of carbonyl (C=O) groups is 2. The van der Waals surface area contributed by atoms with Crippen molar-refractivity contribution in [1.82, 2.24) is 10.2 Å². The number of fused-ring (bicyclic) bond motifs is 2. The summed E-state index contributed by atoms with van der Waals surface area (Å²) in [5, 5.41) is 5.95. The number of amides is 2. The number of rotatable bonds is 0. The summed E-state index contributed by atoms with van der Waals surface area (Å²) in [7, 11) is 0. The maximum absolute atomic E-state index is 12.3. The van der Waals surface area contributed by atoms with Crippen molar-refractivity contribution in [2.45, 2.75) is 6.04 Å². The fourth-order valence-electron chi connectivity index (χ4n) is 2.33. The van der Waals surface area contributed by atoms with Crippen LogP contribution in [0.1, 0.15) is 10.4 Å². The van der Waals surface area contributed by atoms with Crippen molar-refractivity contribution in [2.24, 2.45) is 0 Å². The normalized spacial score (nSPS) is 23.5. The summed E-state index contributed by atoms with van der Waals surface area (Å²) in [5.41, 5.74) is 1.18. The van der Waals surface area contributed by atoms with Gasteiger partial charge in [0.2, 0.25) is 5.91 Å². The Hall–Kier alpha value is -1.88. The van der Waals surface area contributed by atoms with Gasteiger partial charge in [-0.3, -0.25) is 9.59 Å². The van der Waals surface area contributed by atoms with E-state index in [1.54, 1.807) is 17.0 Å². The van der Waals surface area contributed by atoms with Crippen LogP contribution in [0.15, 0.2) is 24.3 Å². The van der Waals surface area contributed by atoms with Crippen LogP contribution in [0.2, 0.25) is 0 Å². The number of nitrogens with zero attached hydrogens (tertiary/aromatic N) is 1. The third-order valence-electron chi connectivity index (χ3n) is 3.22. The van der Waals surface area contributed by atoms with E-state index < -0.39 is 6.04 Å². The van der Waals surface area contributed by atoms with E-state index in [1.807, 2.05) is 12.1 Å². The number of hydrogen-bond acceptors (Lipinski definition) is 3. The van der Waals surface area contributed by atoms with Crippen molar-refractivity contribution in [3.8, 4) is 0 Å². The molecule has 0 aliphatic carbocycles. The van der Waals surface area contributed by atoms with Crippen molar-refractivity contribution in [1.29, 1.82) is 0 Å². The lowest BCUT2D eigenvalue weighted by atomic mass is 10.1. The van der Waals surface area contributed by atoms with Crippen LogP contribution >= 0.6 is 0 Å². The van der Waals surface area contributed by atoms with Crippen molar-refractivity contribution in [3.63, 3.8) is 0 Å². The van der Waals surface area contributed by atoms with E-state index in [9.17, 15) is 9.59 Å². The zero-order chi connectivity index (χ0) is 11.8. The van der Waals surface area contributed by atoms with Crippen LogP contribution in [-0.2, 0) is 4.79 Å². The van der Waals surface area contributed by atoms with Crippen LogP contribution in [0.4, 0.5) is 5.69 Å². The second-order valence-electron chi connectivity index (χ2n) is 4.25. The Morgan fingerprint density at radius 2 is 2.06 bits per heavy atom. The SMILES string of the molecule is O=C1Nc2ccccc2C(=O)N2CCNC[C@@H]12. The molecule has 0 radical (unpaired) electrons. The van der Waals surface area contributed by atoms with E-state index in [2.05, 4.69) is 10.6 Å². The number of piperazine rings is 1. The van der Waals surface area contributed by atoms with Gasteiger partial charge in [0, 0.05) is 19.6 Å². The van der Waals surface area contributed by atoms with E-state index in [-0.39, 0.29) is 11.8 Å². The van der Waals surface area contributed by atoms with E-state index in [0.717, 1.165) is 6.54 Å². The highest BCUT2D eigenvalue weighted by molar-refractivity contribution is 6.10. The van der Waals surface area contributed by atoms with Crippen LogP contribution in [0.5, 0.6) is 0 Å². The number of para-hydroxylation sites is 1. The fourth-order valence-corrected chi connectivity index (χ4v) is 2.33. The molecule has 3 rings (SSSR count). The second kappa shape index (κ2) is 3.85. The Morgan fingerprint density at radius 3 is 2.94 bits per heavy atom. The summed E-state index contributed by atoms with van der Waals surface area (Å²) >= 11 is 0. The molecular formula is C12H13N3O2. The third-order valence-corrected chi connectivity index (χ3v) is 3.22. The van der Waals surface area contributed by atoms with E-state index in [1.165, 1.54) is 0 Å². The second-order valence-corrected chi connectivity index (χ2v) is 4.25. The molecule has 1 fully saturated rings. The molecule has 5 nitrogen and oxygen atoms in total. The molecular weight excluding hydrogens is 218 g/mol. The van der Waals surface area contributed by atoms with Gasteiger partial charge < -0.3 is 15.5 Å². The highest BCUT2D eigenvalue weighted by Gasteiger charge is 2.36. The number of nitrogens with one attached hydrogen (secondary N) is 2. The first-order chi connectivity index (χ1) is 8.27. The molecule has 1 aromatic carbocycles. The van der Waals surface area contributed by atoms with Crippen molar-refractivity contribution >= 4 is 17.5 Å². The van der Waals surface area contributed by atoms with Crippen LogP contribution in [-0.4, -0.2) is 42.4 Å². The standard InChI is InChI=1S/C12H13N3O2/c16-11-10-7-13-5-6-15(10)12(17)8-3-1-2-4-9(8)14-11/h1-4,10,13H,5-7H2,(H,14,16)/t10-/m0/s1. The quantitative estimate of drug-likeness (QED) is 0.663. The average molecular weight is 231 g/mol. The van der Waals surface area contributed by atoms with Crippen LogP contribution in [0.25, 0.3) is 0 Å². The first-order valence-electron chi connectivity index (χ1n) is 5.69. The summed E-state index contributed by atoms with van der Waals surface area (Å²) in [6.45, 7) is 1.83. The van der Waals surface area contributed by atoms with Gasteiger partial charge in [0.1, 0.15) is 6.04 Å². The molecule has 2 amide bonds. The van der Waals surface area contributed by atoms with Crippen molar-refractivity contribution in [3.05, 3.63) is 29.8 Å². The Balaban J connectivity index is 2.07. The minimum absolute atomic E-state index is 0.0644. The molecule has 0 saturated carbocycles. The molecule has 0 unspecified atom stereocenters. The molecule has 0 aromatic heterocycles. The summed E-state index contributed by atoms with van der Waals surface area (Å²) in [6.07, 6.45) is 0. The molecule has 1 aromatic rings. The van der Waals surface area contributed by atoms with Crippen LogP contribution in [0.3, 0.4) is 0 Å². The summed E-state index contributed by atoms with van der Waals surface area (Å²) in [6, 6.07) is 6.74. The lowest BCUT2D eigenvalue weighted by Gasteiger charge is -2.33. The van der Waals surface area contributed by atoms with E-state index in [4.69, 9.17) is 0 Å². The minimum atomic E-state index is -0.399. The molecule has 17 heavy (non-hydrogen) atoms. The maximum Gasteiger partial charge on any atom is 0.256 e. The largest absolute Gasteiger partial charge is 0.324 e. The summed E-state index contributed by atoms with van der Waals surface area (Å²) in [4.78, 5) is 26.0. The van der Waals surface area contributed by atoms with Gasteiger partial charge in [-0.2, -0.15) is 0 Å². The van der Waals surface area contributed by atoms with Gasteiger partial charge in [0.15, 0.2) is 0 Å². The van der Waals surface area contributed by atoms with Crippen molar-refractivity contribution in [2.75, 3.05) is 25.0 Å². The first kappa shape index (κ1) is 10.3. The Kier molecular flexibility index (Phi) is 2.33. The monoisotopic (exact) mass is 231 g/mol. The highest BCUT2D eigenvalue weighted by Crippen LogP contribution is 2.23. The van der Waals surface area contributed by atoms with Crippen LogP contribution < -0.4 is 10.6 Å². The molecule has 0 spiro atoms. The molecule has 0 bridgehead atoms. The predicted octanol–water partition coefficient (Wildman–Crippen LogP) is 0.0527. The third kappa shape index (κ3) is 1.59. The van der Waals surface area contributed by atoms with E-state index in [0.29, 0.717) is 24.3 Å². The van der Waals surface area contributed by atoms with Gasteiger partial charge in [-0.1, -0.05) is 12.1 Å². The summed E-state index contributed by atoms with van der Waals surface area (Å²) < 4.78 is 0. The van der Waals surface area contributed by atoms with Gasteiger partial charge in [-0.05, 0) is 12.1 Å². The number of hydrogen-bond donors (Lipinski definition) is 2. The highest BCUT2D eigenvalue weighted by atomic mass is 16.2. The zero-order valence-electron chi connectivity index (χ0n) is 9.27. The fraction of sp³-hybridized carbons (Fsp3) is 0.333. The minimum Gasteiger partial charge on any atom is -0.324 e. The molecule has 2 N–H and O–H groups in total. The lowest BCUT2D eigenvalue weighted by Crippen LogP contribution is -2.57. The number of benzene rings is 1. The number of carbonyl (C=O) groups excluding carboxylic acids is 2. The number of anilines is 1. The lowest BCUT2D eigenvalue weighted by molar-refractivity contribution is -0.120. The topological polar surface area (TPSA) is 61.4 Å². The van der Waals surface area contributed by atoms with Gasteiger partial charge >= 0.3 is 0 Å². The molecule has 1 saturated heterocycles. The molecule has 2 aliphatic heterocycles. The van der Waals surface area contributed by atoms with Crippen molar-refractivity contribution < 1.29 is 9.59 Å². The van der Waals surface area contributed by atoms with Gasteiger partial charge in [0.05, 0.1) is 11.3 Å². The van der Waals surface area contributed by atoms with Gasteiger partial charge in [0.25, 0.3) is 5.91 Å². The molecule has 5 heteroatoms. The van der Waals surface area contributed by atoms with E-state index >= 15 is 0 Å². The Labute approximate surface area is 98.8 Å². The Morgan fingerprint density at radius 1 is 1.24 bits per heavy atom. The zero-order valence-corrected chi connectivity index (χ0v) is 9.27.